The fourth-order valence-corrected chi connectivity index (χ4v) is 1.08. The van der Waals surface area contributed by atoms with E-state index in [0.717, 1.165) is 5.56 Å². The number of nitrogens with zero attached hydrogens (tertiary/aromatic N) is 1. The zero-order valence-electron chi connectivity index (χ0n) is 7.18. The molecule has 0 bridgehead atoms. The fourth-order valence-electron chi connectivity index (χ4n) is 1.08. The quantitative estimate of drug-likeness (QED) is 0.613. The second-order valence-electron chi connectivity index (χ2n) is 2.73. The summed E-state index contributed by atoms with van der Waals surface area (Å²) in [5.74, 6) is 0. The van der Waals surface area contributed by atoms with Crippen molar-refractivity contribution in [3.8, 4) is 0 Å². The van der Waals surface area contributed by atoms with Crippen LogP contribution in [0.3, 0.4) is 0 Å². The number of rotatable bonds is 5. The molecule has 0 fully saturated rings. The molecule has 0 saturated heterocycles. The monoisotopic (exact) mass is 180 g/mol. The molecular formula is C9H12N2O2. The van der Waals surface area contributed by atoms with E-state index in [2.05, 4.69) is 10.3 Å². The predicted octanol–water partition coefficient (Wildman–Crippen LogP) is -0.269. The van der Waals surface area contributed by atoms with Crippen molar-refractivity contribution < 1.29 is 9.90 Å². The zero-order valence-corrected chi connectivity index (χ0v) is 7.18. The molecule has 1 aromatic heterocycles. The number of aliphatic hydroxyl groups excluding tert-OH is 1. The van der Waals surface area contributed by atoms with Crippen molar-refractivity contribution in [3.05, 3.63) is 30.1 Å². The molecule has 1 heterocycles. The molecule has 0 aliphatic carbocycles. The normalized spacial score (nSPS) is 12.1. The maximum atomic E-state index is 10.1. The molecule has 1 unspecified atom stereocenters. The van der Waals surface area contributed by atoms with Gasteiger partial charge in [-0.1, -0.05) is 6.07 Å². The van der Waals surface area contributed by atoms with Crippen LogP contribution >= 0.6 is 0 Å². The van der Waals surface area contributed by atoms with Crippen LogP contribution in [0, 0.1) is 0 Å². The van der Waals surface area contributed by atoms with Gasteiger partial charge in [0.05, 0.1) is 12.6 Å². The average Bonchev–Trinajstić information content (AvgIpc) is 2.19. The summed E-state index contributed by atoms with van der Waals surface area (Å²) in [6.45, 7) is -0.0619. The minimum absolute atomic E-state index is 0.0619. The molecule has 13 heavy (non-hydrogen) atoms. The number of carbonyl (C=O) groups is 1. The number of carbonyl (C=O) groups excluding carboxylic acids is 1. The van der Waals surface area contributed by atoms with Crippen molar-refractivity contribution in [1.29, 1.82) is 0 Å². The summed E-state index contributed by atoms with van der Waals surface area (Å²) >= 11 is 0. The molecule has 0 spiro atoms. The lowest BCUT2D eigenvalue weighted by Gasteiger charge is -2.11. The molecule has 0 aliphatic rings. The SMILES string of the molecule is O=CNC(CO)Cc1cccnc1. The predicted molar refractivity (Wildman–Crippen MR) is 48.0 cm³/mol. The number of aromatic nitrogens is 1. The van der Waals surface area contributed by atoms with Gasteiger partial charge in [-0.2, -0.15) is 0 Å². The number of aliphatic hydroxyl groups is 1. The first-order valence-corrected chi connectivity index (χ1v) is 4.06. The van der Waals surface area contributed by atoms with E-state index < -0.39 is 0 Å². The third-order valence-corrected chi connectivity index (χ3v) is 1.73. The fraction of sp³-hybridized carbons (Fsp3) is 0.333. The van der Waals surface area contributed by atoms with Gasteiger partial charge in [-0.3, -0.25) is 9.78 Å². The molecular weight excluding hydrogens is 168 g/mol. The first-order valence-electron chi connectivity index (χ1n) is 4.06. The van der Waals surface area contributed by atoms with Crippen LogP contribution < -0.4 is 5.32 Å². The Bertz CT molecular complexity index is 251. The molecule has 0 saturated carbocycles. The first-order chi connectivity index (χ1) is 6.36. The van der Waals surface area contributed by atoms with Gasteiger partial charge < -0.3 is 10.4 Å². The van der Waals surface area contributed by atoms with E-state index in [1.165, 1.54) is 0 Å². The molecule has 4 nitrogen and oxygen atoms in total. The minimum atomic E-state index is -0.221. The van der Waals surface area contributed by atoms with E-state index >= 15 is 0 Å². The van der Waals surface area contributed by atoms with Gasteiger partial charge in [0, 0.05) is 12.4 Å². The third-order valence-electron chi connectivity index (χ3n) is 1.73. The van der Waals surface area contributed by atoms with Crippen LogP contribution in [-0.2, 0) is 11.2 Å². The van der Waals surface area contributed by atoms with Crippen LogP contribution in [0.4, 0.5) is 0 Å². The van der Waals surface area contributed by atoms with Crippen LogP contribution in [0.2, 0.25) is 0 Å². The van der Waals surface area contributed by atoms with E-state index in [-0.39, 0.29) is 12.6 Å². The lowest BCUT2D eigenvalue weighted by Crippen LogP contribution is -2.33. The molecule has 1 amide bonds. The summed E-state index contributed by atoms with van der Waals surface area (Å²) in [7, 11) is 0. The largest absolute Gasteiger partial charge is 0.394 e. The Labute approximate surface area is 76.6 Å². The molecule has 70 valence electrons. The standard InChI is InChI=1S/C9H12N2O2/c12-6-9(11-7-13)4-8-2-1-3-10-5-8/h1-3,5,7,9,12H,4,6H2,(H,11,13). The Morgan fingerprint density at radius 2 is 2.54 bits per heavy atom. The van der Waals surface area contributed by atoms with Crippen molar-refractivity contribution in [1.82, 2.24) is 10.3 Å². The van der Waals surface area contributed by atoms with Crippen molar-refractivity contribution in [2.75, 3.05) is 6.61 Å². The van der Waals surface area contributed by atoms with Crippen molar-refractivity contribution in [3.63, 3.8) is 0 Å². The molecule has 1 atom stereocenters. The van der Waals surface area contributed by atoms with Gasteiger partial charge >= 0.3 is 0 Å². The van der Waals surface area contributed by atoms with Gasteiger partial charge in [0.15, 0.2) is 0 Å². The lowest BCUT2D eigenvalue weighted by atomic mass is 10.1. The van der Waals surface area contributed by atoms with E-state index in [0.29, 0.717) is 12.8 Å². The summed E-state index contributed by atoms with van der Waals surface area (Å²) in [6.07, 6.45) is 4.60. The van der Waals surface area contributed by atoms with E-state index in [1.54, 1.807) is 12.4 Å². The van der Waals surface area contributed by atoms with E-state index in [9.17, 15) is 4.79 Å². The van der Waals surface area contributed by atoms with Crippen LogP contribution in [0.25, 0.3) is 0 Å². The van der Waals surface area contributed by atoms with Crippen molar-refractivity contribution >= 4 is 6.41 Å². The van der Waals surface area contributed by atoms with Crippen LogP contribution in [-0.4, -0.2) is 29.1 Å². The van der Waals surface area contributed by atoms with Crippen LogP contribution in [0.15, 0.2) is 24.5 Å². The molecule has 0 aromatic carbocycles. The Balaban J connectivity index is 2.51. The van der Waals surface area contributed by atoms with Crippen LogP contribution in [0.1, 0.15) is 5.56 Å². The number of hydrogen-bond acceptors (Lipinski definition) is 3. The molecule has 1 rings (SSSR count). The Morgan fingerprint density at radius 3 is 3.08 bits per heavy atom. The van der Waals surface area contributed by atoms with Gasteiger partial charge in [-0.15, -0.1) is 0 Å². The smallest absolute Gasteiger partial charge is 0.207 e. The first kappa shape index (κ1) is 9.67. The van der Waals surface area contributed by atoms with Gasteiger partial charge in [-0.05, 0) is 18.1 Å². The molecule has 0 radical (unpaired) electrons. The summed E-state index contributed by atoms with van der Waals surface area (Å²) in [5, 5.41) is 11.4. The van der Waals surface area contributed by atoms with Gasteiger partial charge in [0.1, 0.15) is 0 Å². The Hall–Kier alpha value is -1.42. The van der Waals surface area contributed by atoms with Gasteiger partial charge in [0.25, 0.3) is 0 Å². The highest BCUT2D eigenvalue weighted by atomic mass is 16.3. The number of pyridine rings is 1. The summed E-state index contributed by atoms with van der Waals surface area (Å²) in [4.78, 5) is 14.1. The number of hydrogen-bond donors (Lipinski definition) is 2. The second kappa shape index (κ2) is 5.27. The molecule has 4 heteroatoms. The summed E-state index contributed by atoms with van der Waals surface area (Å²) in [5.41, 5.74) is 0.996. The molecule has 0 aliphatic heterocycles. The average molecular weight is 180 g/mol. The van der Waals surface area contributed by atoms with Crippen LogP contribution in [0.5, 0.6) is 0 Å². The second-order valence-corrected chi connectivity index (χ2v) is 2.73. The minimum Gasteiger partial charge on any atom is -0.394 e. The maximum absolute atomic E-state index is 10.1. The lowest BCUT2D eigenvalue weighted by molar-refractivity contribution is -0.110. The van der Waals surface area contributed by atoms with E-state index in [4.69, 9.17) is 5.11 Å². The summed E-state index contributed by atoms with van der Waals surface area (Å²) < 4.78 is 0. The number of amides is 1. The molecule has 2 N–H and O–H groups in total. The van der Waals surface area contributed by atoms with Gasteiger partial charge in [0.2, 0.25) is 6.41 Å². The number of nitrogens with one attached hydrogen (secondary N) is 1. The Morgan fingerprint density at radius 1 is 1.69 bits per heavy atom. The highest BCUT2D eigenvalue weighted by Gasteiger charge is 2.05. The van der Waals surface area contributed by atoms with Crippen molar-refractivity contribution in [2.24, 2.45) is 0 Å². The van der Waals surface area contributed by atoms with Gasteiger partial charge in [-0.25, -0.2) is 0 Å². The van der Waals surface area contributed by atoms with E-state index in [1.807, 2.05) is 12.1 Å². The van der Waals surface area contributed by atoms with Crippen molar-refractivity contribution in [2.45, 2.75) is 12.5 Å². The third kappa shape index (κ3) is 3.21. The maximum Gasteiger partial charge on any atom is 0.207 e. The summed E-state index contributed by atoms with van der Waals surface area (Å²) in [6, 6.07) is 3.51. The highest BCUT2D eigenvalue weighted by Crippen LogP contribution is 2.00. The molecule has 1 aromatic rings. The highest BCUT2D eigenvalue weighted by molar-refractivity contribution is 5.46. The zero-order chi connectivity index (χ0) is 9.52. The topological polar surface area (TPSA) is 62.2 Å². The Kier molecular flexibility index (Phi) is 3.92.